The number of likely N-dealkylation sites (N-methyl/N-ethyl adjacent to an activating group) is 1. The van der Waals surface area contributed by atoms with E-state index in [2.05, 4.69) is 30.2 Å². The molecule has 3 rings (SSSR count). The summed E-state index contributed by atoms with van der Waals surface area (Å²) in [7, 11) is 0. The van der Waals surface area contributed by atoms with E-state index in [4.69, 9.17) is 0 Å². The molecule has 3 atom stereocenters. The van der Waals surface area contributed by atoms with E-state index >= 15 is 0 Å². The Morgan fingerprint density at radius 2 is 2.17 bits per heavy atom. The molecule has 2 nitrogen and oxygen atoms in total. The van der Waals surface area contributed by atoms with Crippen molar-refractivity contribution >= 4 is 0 Å². The van der Waals surface area contributed by atoms with Crippen LogP contribution < -0.4 is 5.32 Å². The van der Waals surface area contributed by atoms with Crippen LogP contribution in [0.4, 0.5) is 0 Å². The van der Waals surface area contributed by atoms with Crippen LogP contribution in [0.3, 0.4) is 0 Å². The molecule has 0 aliphatic heterocycles. The number of nitrogens with zero attached hydrogens (tertiary/aromatic N) is 1. The fraction of sp³-hybridized carbons (Fsp3) is 0.688. The number of hydrogen-bond donors (Lipinski definition) is 1. The molecular weight excluding hydrogens is 220 g/mol. The zero-order chi connectivity index (χ0) is 12.5. The molecule has 1 aromatic rings. The second-order valence-corrected chi connectivity index (χ2v) is 5.97. The minimum atomic E-state index is 0.652. The third-order valence-electron chi connectivity index (χ3n) is 4.93. The third kappa shape index (κ3) is 2.18. The number of aromatic nitrogens is 1. The van der Waals surface area contributed by atoms with Gasteiger partial charge < -0.3 is 5.32 Å². The van der Waals surface area contributed by atoms with Gasteiger partial charge in [-0.15, -0.1) is 0 Å². The van der Waals surface area contributed by atoms with Crippen molar-refractivity contribution in [1.82, 2.24) is 10.3 Å². The average molecular weight is 244 g/mol. The van der Waals surface area contributed by atoms with Crippen LogP contribution in [-0.2, 0) is 6.42 Å². The monoisotopic (exact) mass is 244 g/mol. The van der Waals surface area contributed by atoms with Crippen LogP contribution in [0, 0.1) is 24.7 Å². The van der Waals surface area contributed by atoms with Gasteiger partial charge in [0.2, 0.25) is 0 Å². The Labute approximate surface area is 110 Å². The maximum atomic E-state index is 4.56. The van der Waals surface area contributed by atoms with Gasteiger partial charge in [-0.2, -0.15) is 0 Å². The van der Waals surface area contributed by atoms with E-state index in [1.165, 1.54) is 30.5 Å². The molecule has 2 saturated carbocycles. The van der Waals surface area contributed by atoms with Crippen LogP contribution in [0.1, 0.15) is 37.4 Å². The lowest BCUT2D eigenvalue weighted by Crippen LogP contribution is -2.35. The molecule has 2 fully saturated rings. The van der Waals surface area contributed by atoms with E-state index in [0.717, 1.165) is 30.7 Å². The minimum Gasteiger partial charge on any atom is -0.314 e. The first-order valence-corrected chi connectivity index (χ1v) is 7.45. The van der Waals surface area contributed by atoms with Crippen molar-refractivity contribution in [2.75, 3.05) is 6.54 Å². The van der Waals surface area contributed by atoms with Gasteiger partial charge in [-0.25, -0.2) is 0 Å². The van der Waals surface area contributed by atoms with Crippen molar-refractivity contribution in [2.45, 2.75) is 45.6 Å². The van der Waals surface area contributed by atoms with Crippen LogP contribution in [0.15, 0.2) is 18.3 Å². The SMILES string of the molecule is CCNC(Cc1ncccc1C)C1C2CCCC21. The smallest absolute Gasteiger partial charge is 0.0448 e. The van der Waals surface area contributed by atoms with E-state index < -0.39 is 0 Å². The summed E-state index contributed by atoms with van der Waals surface area (Å²) in [5.74, 6) is 2.98. The van der Waals surface area contributed by atoms with Gasteiger partial charge in [-0.3, -0.25) is 4.98 Å². The van der Waals surface area contributed by atoms with Gasteiger partial charge in [0.15, 0.2) is 0 Å². The quantitative estimate of drug-likeness (QED) is 0.861. The van der Waals surface area contributed by atoms with Crippen molar-refractivity contribution < 1.29 is 0 Å². The second kappa shape index (κ2) is 5.00. The van der Waals surface area contributed by atoms with Gasteiger partial charge in [0, 0.05) is 24.4 Å². The number of rotatable bonds is 5. The van der Waals surface area contributed by atoms with Crippen LogP contribution in [-0.4, -0.2) is 17.6 Å². The lowest BCUT2D eigenvalue weighted by molar-refractivity contribution is 0.407. The molecule has 18 heavy (non-hydrogen) atoms. The maximum Gasteiger partial charge on any atom is 0.0448 e. The van der Waals surface area contributed by atoms with E-state index in [9.17, 15) is 0 Å². The highest BCUT2D eigenvalue weighted by Crippen LogP contribution is 2.59. The zero-order valence-corrected chi connectivity index (χ0v) is 11.5. The van der Waals surface area contributed by atoms with Gasteiger partial charge in [0.25, 0.3) is 0 Å². The summed E-state index contributed by atoms with van der Waals surface area (Å²) in [5, 5.41) is 3.71. The average Bonchev–Trinajstić information content (AvgIpc) is 2.84. The predicted molar refractivity (Wildman–Crippen MR) is 74.5 cm³/mol. The van der Waals surface area contributed by atoms with Gasteiger partial charge in [0.1, 0.15) is 0 Å². The Balaban J connectivity index is 1.69. The molecule has 2 aliphatic carbocycles. The summed E-state index contributed by atoms with van der Waals surface area (Å²) < 4.78 is 0. The summed E-state index contributed by atoms with van der Waals surface area (Å²) in [6, 6.07) is 4.87. The molecule has 0 saturated heterocycles. The Hall–Kier alpha value is -0.890. The molecule has 2 heteroatoms. The van der Waals surface area contributed by atoms with Crippen molar-refractivity contribution in [3.8, 4) is 0 Å². The lowest BCUT2D eigenvalue weighted by Gasteiger charge is -2.20. The first kappa shape index (κ1) is 12.2. The Morgan fingerprint density at radius 1 is 1.39 bits per heavy atom. The van der Waals surface area contributed by atoms with Crippen molar-refractivity contribution in [3.05, 3.63) is 29.6 Å². The molecule has 1 N–H and O–H groups in total. The summed E-state index contributed by atoms with van der Waals surface area (Å²) in [4.78, 5) is 4.56. The minimum absolute atomic E-state index is 0.652. The van der Waals surface area contributed by atoms with Gasteiger partial charge in [0.05, 0.1) is 0 Å². The van der Waals surface area contributed by atoms with E-state index in [1.807, 2.05) is 12.3 Å². The second-order valence-electron chi connectivity index (χ2n) is 5.97. The van der Waals surface area contributed by atoms with Gasteiger partial charge in [-0.1, -0.05) is 19.4 Å². The number of fused-ring (bicyclic) bond motifs is 1. The van der Waals surface area contributed by atoms with Crippen molar-refractivity contribution in [2.24, 2.45) is 17.8 Å². The zero-order valence-electron chi connectivity index (χ0n) is 11.5. The number of hydrogen-bond acceptors (Lipinski definition) is 2. The molecule has 0 amide bonds. The molecule has 1 aromatic heterocycles. The molecule has 0 aromatic carbocycles. The first-order chi connectivity index (χ1) is 8.81. The van der Waals surface area contributed by atoms with E-state index in [1.54, 1.807) is 0 Å². The standard InChI is InChI=1S/C16H24N2/c1-3-17-15(16-12-7-4-8-13(12)16)10-14-11(2)6-5-9-18-14/h5-6,9,12-13,15-17H,3-4,7-8,10H2,1-2H3. The fourth-order valence-electron chi connectivity index (χ4n) is 4.02. The Kier molecular flexibility index (Phi) is 3.38. The highest BCUT2D eigenvalue weighted by atomic mass is 14.9. The van der Waals surface area contributed by atoms with Crippen LogP contribution in [0.25, 0.3) is 0 Å². The molecule has 98 valence electrons. The highest BCUT2D eigenvalue weighted by Gasteiger charge is 2.55. The third-order valence-corrected chi connectivity index (χ3v) is 4.93. The Morgan fingerprint density at radius 3 is 2.83 bits per heavy atom. The van der Waals surface area contributed by atoms with Crippen LogP contribution in [0.5, 0.6) is 0 Å². The number of nitrogens with one attached hydrogen (secondary N) is 1. The predicted octanol–water partition coefficient (Wildman–Crippen LogP) is 2.96. The van der Waals surface area contributed by atoms with Crippen molar-refractivity contribution in [3.63, 3.8) is 0 Å². The summed E-state index contributed by atoms with van der Waals surface area (Å²) in [6.07, 6.45) is 7.45. The summed E-state index contributed by atoms with van der Waals surface area (Å²) in [6.45, 7) is 5.47. The molecular formula is C16H24N2. The van der Waals surface area contributed by atoms with Crippen LogP contribution in [0.2, 0.25) is 0 Å². The molecule has 3 unspecified atom stereocenters. The largest absolute Gasteiger partial charge is 0.314 e. The first-order valence-electron chi connectivity index (χ1n) is 7.45. The van der Waals surface area contributed by atoms with Gasteiger partial charge >= 0.3 is 0 Å². The fourth-order valence-corrected chi connectivity index (χ4v) is 4.02. The summed E-state index contributed by atoms with van der Waals surface area (Å²) in [5.41, 5.74) is 2.62. The molecule has 0 radical (unpaired) electrons. The Bertz CT molecular complexity index is 405. The van der Waals surface area contributed by atoms with E-state index in [-0.39, 0.29) is 0 Å². The molecule has 2 aliphatic rings. The highest BCUT2D eigenvalue weighted by molar-refractivity contribution is 5.20. The van der Waals surface area contributed by atoms with E-state index in [0.29, 0.717) is 6.04 Å². The number of pyridine rings is 1. The van der Waals surface area contributed by atoms with Gasteiger partial charge in [-0.05, 0) is 55.7 Å². The molecule has 0 spiro atoms. The normalized spacial score (nSPS) is 31.1. The maximum absolute atomic E-state index is 4.56. The van der Waals surface area contributed by atoms with Crippen LogP contribution >= 0.6 is 0 Å². The van der Waals surface area contributed by atoms with Crippen molar-refractivity contribution in [1.29, 1.82) is 0 Å². The topological polar surface area (TPSA) is 24.9 Å². The molecule has 1 heterocycles. The molecule has 0 bridgehead atoms. The number of aryl methyl sites for hydroxylation is 1. The summed E-state index contributed by atoms with van der Waals surface area (Å²) >= 11 is 0. The lowest BCUT2D eigenvalue weighted by atomic mass is 9.98.